The van der Waals surface area contributed by atoms with Crippen LogP contribution in [-0.2, 0) is 17.6 Å². The normalized spacial score (nSPS) is 11.1. The number of thiazole rings is 1. The van der Waals surface area contributed by atoms with E-state index in [0.717, 1.165) is 34.8 Å². The van der Waals surface area contributed by atoms with Gasteiger partial charge < -0.3 is 5.32 Å². The van der Waals surface area contributed by atoms with Crippen molar-refractivity contribution in [3.63, 3.8) is 0 Å². The van der Waals surface area contributed by atoms with Crippen LogP contribution in [0.25, 0.3) is 16.2 Å². The maximum atomic E-state index is 12.2. The Morgan fingerprint density at radius 2 is 1.86 bits per heavy atom. The minimum atomic E-state index is 0.0930. The van der Waals surface area contributed by atoms with E-state index in [1.807, 2.05) is 48.7 Å². The summed E-state index contributed by atoms with van der Waals surface area (Å²) in [5.41, 5.74) is 4.36. The topological polar surface area (TPSA) is 46.4 Å². The number of amides is 1. The van der Waals surface area contributed by atoms with Crippen LogP contribution in [0.1, 0.15) is 24.1 Å². The molecule has 0 saturated heterocycles. The first kappa shape index (κ1) is 19.7. The highest BCUT2D eigenvalue weighted by molar-refractivity contribution is 7.15. The van der Waals surface area contributed by atoms with Crippen LogP contribution in [0.5, 0.6) is 0 Å². The Morgan fingerprint density at radius 1 is 1.07 bits per heavy atom. The number of nitrogens with one attached hydrogen (secondary N) is 1. The number of benzene rings is 2. The fourth-order valence-electron chi connectivity index (χ4n) is 3.26. The largest absolute Gasteiger partial charge is 0.356 e. The molecule has 0 bridgehead atoms. The molecule has 1 amide bonds. The SMILES string of the molecule is O=C(CCc1csc2nc(-c3ccc(Cl)cc3)cn12)NCCCc1ccccc1. The number of hydrogen-bond donors (Lipinski definition) is 1. The van der Waals surface area contributed by atoms with Crippen LogP contribution in [0.15, 0.2) is 66.2 Å². The zero-order chi connectivity index (χ0) is 20.1. The van der Waals surface area contributed by atoms with Crippen molar-refractivity contribution >= 4 is 33.8 Å². The fraction of sp³-hybridized carbons (Fsp3) is 0.217. The number of aryl methyl sites for hydroxylation is 2. The molecular weight excluding hydrogens is 402 g/mol. The molecule has 0 radical (unpaired) electrons. The first-order valence-corrected chi connectivity index (χ1v) is 11.0. The summed E-state index contributed by atoms with van der Waals surface area (Å²) in [5.74, 6) is 0.0930. The second kappa shape index (κ2) is 9.25. The van der Waals surface area contributed by atoms with E-state index in [4.69, 9.17) is 11.6 Å². The van der Waals surface area contributed by atoms with E-state index in [0.29, 0.717) is 24.4 Å². The first-order valence-electron chi connectivity index (χ1n) is 9.71. The average molecular weight is 424 g/mol. The van der Waals surface area contributed by atoms with E-state index in [-0.39, 0.29) is 5.91 Å². The molecule has 0 saturated carbocycles. The Morgan fingerprint density at radius 3 is 2.66 bits per heavy atom. The molecule has 6 heteroatoms. The molecule has 2 heterocycles. The highest BCUT2D eigenvalue weighted by Crippen LogP contribution is 2.25. The van der Waals surface area contributed by atoms with Gasteiger partial charge in [0.1, 0.15) is 0 Å². The summed E-state index contributed by atoms with van der Waals surface area (Å²) >= 11 is 7.57. The molecule has 148 valence electrons. The predicted molar refractivity (Wildman–Crippen MR) is 120 cm³/mol. The van der Waals surface area contributed by atoms with Crippen molar-refractivity contribution in [2.75, 3.05) is 6.54 Å². The Labute approximate surface area is 179 Å². The van der Waals surface area contributed by atoms with E-state index in [2.05, 4.69) is 32.2 Å². The average Bonchev–Trinajstić information content (AvgIpc) is 3.32. The summed E-state index contributed by atoms with van der Waals surface area (Å²) in [6.07, 6.45) is 5.13. The Kier molecular flexibility index (Phi) is 6.27. The van der Waals surface area contributed by atoms with Crippen molar-refractivity contribution in [1.82, 2.24) is 14.7 Å². The first-order chi connectivity index (χ1) is 14.2. The van der Waals surface area contributed by atoms with Crippen LogP contribution >= 0.6 is 22.9 Å². The zero-order valence-corrected chi connectivity index (χ0v) is 17.5. The summed E-state index contributed by atoms with van der Waals surface area (Å²) in [5, 5.41) is 5.82. The molecular formula is C23H22ClN3OS. The molecule has 0 unspecified atom stereocenters. The van der Waals surface area contributed by atoms with Crippen molar-refractivity contribution < 1.29 is 4.79 Å². The molecule has 0 aliphatic carbocycles. The molecule has 0 spiro atoms. The number of rotatable bonds is 8. The van der Waals surface area contributed by atoms with Crippen LogP contribution in [0.2, 0.25) is 5.02 Å². The van der Waals surface area contributed by atoms with E-state index < -0.39 is 0 Å². The van der Waals surface area contributed by atoms with Crippen molar-refractivity contribution in [3.05, 3.63) is 82.5 Å². The van der Waals surface area contributed by atoms with Gasteiger partial charge in [-0.05, 0) is 37.0 Å². The summed E-state index contributed by atoms with van der Waals surface area (Å²) in [6.45, 7) is 0.707. The van der Waals surface area contributed by atoms with E-state index in [9.17, 15) is 4.79 Å². The van der Waals surface area contributed by atoms with Gasteiger partial charge in [0.2, 0.25) is 5.91 Å². The molecule has 4 rings (SSSR count). The lowest BCUT2D eigenvalue weighted by atomic mass is 10.1. The molecule has 29 heavy (non-hydrogen) atoms. The highest BCUT2D eigenvalue weighted by atomic mass is 35.5. The quantitative estimate of drug-likeness (QED) is 0.386. The van der Waals surface area contributed by atoms with E-state index in [1.54, 1.807) is 11.3 Å². The van der Waals surface area contributed by atoms with Gasteiger partial charge in [-0.25, -0.2) is 4.98 Å². The molecule has 4 aromatic rings. The Hall–Kier alpha value is -2.63. The van der Waals surface area contributed by atoms with E-state index in [1.165, 1.54) is 5.56 Å². The van der Waals surface area contributed by atoms with Crippen molar-refractivity contribution in [1.29, 1.82) is 0 Å². The molecule has 0 aliphatic rings. The number of fused-ring (bicyclic) bond motifs is 1. The Bertz CT molecular complexity index is 1090. The van der Waals surface area contributed by atoms with Crippen LogP contribution in [-0.4, -0.2) is 21.8 Å². The molecule has 4 nitrogen and oxygen atoms in total. The highest BCUT2D eigenvalue weighted by Gasteiger charge is 2.11. The van der Waals surface area contributed by atoms with Crippen LogP contribution in [0, 0.1) is 0 Å². The number of halogens is 1. The number of carbonyl (C=O) groups is 1. The summed E-state index contributed by atoms with van der Waals surface area (Å²) in [7, 11) is 0. The fourth-order valence-corrected chi connectivity index (χ4v) is 4.30. The van der Waals surface area contributed by atoms with Crippen LogP contribution in [0.3, 0.4) is 0 Å². The number of aromatic nitrogens is 2. The molecule has 1 N–H and O–H groups in total. The molecule has 2 aromatic heterocycles. The lowest BCUT2D eigenvalue weighted by Crippen LogP contribution is -2.25. The molecule has 0 aliphatic heterocycles. The van der Waals surface area contributed by atoms with Crippen molar-refractivity contribution in [2.24, 2.45) is 0 Å². The molecule has 0 fully saturated rings. The van der Waals surface area contributed by atoms with Gasteiger partial charge in [-0.2, -0.15) is 0 Å². The molecule has 2 aromatic carbocycles. The smallest absolute Gasteiger partial charge is 0.220 e. The van der Waals surface area contributed by atoms with Gasteiger partial charge in [0, 0.05) is 40.8 Å². The van der Waals surface area contributed by atoms with Gasteiger partial charge >= 0.3 is 0 Å². The lowest BCUT2D eigenvalue weighted by Gasteiger charge is -2.05. The third-order valence-electron chi connectivity index (χ3n) is 4.84. The minimum Gasteiger partial charge on any atom is -0.356 e. The predicted octanol–water partition coefficient (Wildman–Crippen LogP) is 5.40. The second-order valence-corrected chi connectivity index (χ2v) is 8.22. The summed E-state index contributed by atoms with van der Waals surface area (Å²) in [4.78, 5) is 17.8. The van der Waals surface area contributed by atoms with Crippen molar-refractivity contribution in [2.45, 2.75) is 25.7 Å². The van der Waals surface area contributed by atoms with Gasteiger partial charge in [-0.3, -0.25) is 9.20 Å². The zero-order valence-electron chi connectivity index (χ0n) is 16.0. The van der Waals surface area contributed by atoms with E-state index >= 15 is 0 Å². The van der Waals surface area contributed by atoms with Gasteiger partial charge in [0.05, 0.1) is 5.69 Å². The van der Waals surface area contributed by atoms with Crippen LogP contribution < -0.4 is 5.32 Å². The van der Waals surface area contributed by atoms with Gasteiger partial charge in [-0.1, -0.05) is 54.1 Å². The third kappa shape index (κ3) is 5.05. The second-order valence-electron chi connectivity index (χ2n) is 6.95. The van der Waals surface area contributed by atoms with Crippen LogP contribution in [0.4, 0.5) is 0 Å². The van der Waals surface area contributed by atoms with Gasteiger partial charge in [0.25, 0.3) is 0 Å². The Balaban J connectivity index is 1.29. The molecule has 0 atom stereocenters. The standard InChI is InChI=1S/C23H22ClN3OS/c24-19-10-8-18(9-11-19)21-15-27-20(16-29-23(27)26-21)12-13-22(28)25-14-4-7-17-5-2-1-3-6-17/h1-3,5-6,8-11,15-16H,4,7,12-14H2,(H,25,28). The minimum absolute atomic E-state index is 0.0930. The number of nitrogens with zero attached hydrogens (tertiary/aromatic N) is 2. The lowest BCUT2D eigenvalue weighted by molar-refractivity contribution is -0.121. The maximum absolute atomic E-state index is 12.2. The summed E-state index contributed by atoms with van der Waals surface area (Å²) < 4.78 is 2.08. The number of hydrogen-bond acceptors (Lipinski definition) is 3. The summed E-state index contributed by atoms with van der Waals surface area (Å²) in [6, 6.07) is 18.0. The van der Waals surface area contributed by atoms with Gasteiger partial charge in [-0.15, -0.1) is 11.3 Å². The van der Waals surface area contributed by atoms with Crippen molar-refractivity contribution in [3.8, 4) is 11.3 Å². The number of carbonyl (C=O) groups excluding carboxylic acids is 1. The monoisotopic (exact) mass is 423 g/mol. The van der Waals surface area contributed by atoms with Gasteiger partial charge in [0.15, 0.2) is 4.96 Å². The number of imidazole rings is 1. The third-order valence-corrected chi connectivity index (χ3v) is 5.98. The maximum Gasteiger partial charge on any atom is 0.220 e.